The summed E-state index contributed by atoms with van der Waals surface area (Å²) in [5.41, 5.74) is 0. The van der Waals surface area contributed by atoms with Crippen LogP contribution in [0.5, 0.6) is 0 Å². The Morgan fingerprint density at radius 2 is 2.16 bits per heavy atom. The van der Waals surface area contributed by atoms with Gasteiger partial charge in [-0.05, 0) is 31.5 Å². The van der Waals surface area contributed by atoms with E-state index in [0.29, 0.717) is 19.6 Å². The van der Waals surface area contributed by atoms with Crippen LogP contribution >= 0.6 is 11.3 Å². The molecule has 5 nitrogen and oxygen atoms in total. The van der Waals surface area contributed by atoms with Crippen LogP contribution in [0.25, 0.3) is 0 Å². The molecule has 0 saturated carbocycles. The highest BCUT2D eigenvalue weighted by Gasteiger charge is 2.25. The highest BCUT2D eigenvalue weighted by Crippen LogP contribution is 2.16. The monoisotopic (exact) mass is 305 g/mol. The van der Waals surface area contributed by atoms with Gasteiger partial charge in [0.2, 0.25) is 0 Å². The van der Waals surface area contributed by atoms with Gasteiger partial charge < -0.3 is 5.32 Å². The number of rotatable bonds is 9. The first-order valence-electron chi connectivity index (χ1n) is 6.40. The van der Waals surface area contributed by atoms with E-state index in [0.717, 1.165) is 17.8 Å². The fourth-order valence-corrected chi connectivity index (χ4v) is 3.91. The van der Waals surface area contributed by atoms with E-state index < -0.39 is 10.2 Å². The average molecular weight is 305 g/mol. The van der Waals surface area contributed by atoms with Gasteiger partial charge in [-0.2, -0.15) is 17.0 Å². The van der Waals surface area contributed by atoms with Crippen molar-refractivity contribution in [2.75, 3.05) is 33.7 Å². The van der Waals surface area contributed by atoms with E-state index in [1.807, 2.05) is 31.5 Å². The van der Waals surface area contributed by atoms with Gasteiger partial charge in [-0.25, -0.2) is 0 Å². The zero-order valence-electron chi connectivity index (χ0n) is 11.8. The van der Waals surface area contributed by atoms with Gasteiger partial charge in [0.1, 0.15) is 0 Å². The zero-order chi connectivity index (χ0) is 14.3. The van der Waals surface area contributed by atoms with Crippen LogP contribution in [-0.2, 0) is 16.8 Å². The summed E-state index contributed by atoms with van der Waals surface area (Å²) in [6.07, 6.45) is 0.808. The largest absolute Gasteiger partial charge is 0.320 e. The van der Waals surface area contributed by atoms with E-state index in [2.05, 4.69) is 5.32 Å². The Hall–Kier alpha value is -0.470. The molecule has 0 amide bonds. The predicted molar refractivity (Wildman–Crippen MR) is 80.5 cm³/mol. The first-order valence-corrected chi connectivity index (χ1v) is 8.68. The van der Waals surface area contributed by atoms with Crippen molar-refractivity contribution in [1.29, 1.82) is 0 Å². The van der Waals surface area contributed by atoms with Gasteiger partial charge in [0.25, 0.3) is 10.2 Å². The smallest absolute Gasteiger partial charge is 0.282 e. The van der Waals surface area contributed by atoms with E-state index >= 15 is 0 Å². The second-order valence-electron chi connectivity index (χ2n) is 4.29. The van der Waals surface area contributed by atoms with Crippen LogP contribution in [0, 0.1) is 0 Å². The maximum Gasteiger partial charge on any atom is 0.282 e. The second kappa shape index (κ2) is 7.96. The van der Waals surface area contributed by atoms with Gasteiger partial charge in [0.05, 0.1) is 0 Å². The topological polar surface area (TPSA) is 52.7 Å². The van der Waals surface area contributed by atoms with Crippen molar-refractivity contribution < 1.29 is 8.42 Å². The minimum absolute atomic E-state index is 0.451. The summed E-state index contributed by atoms with van der Waals surface area (Å²) >= 11 is 1.58. The Morgan fingerprint density at radius 3 is 2.68 bits per heavy atom. The molecule has 0 aromatic carbocycles. The number of hydrogen-bond donors (Lipinski definition) is 1. The first kappa shape index (κ1) is 16.6. The van der Waals surface area contributed by atoms with Gasteiger partial charge in [-0.15, -0.1) is 11.3 Å². The molecule has 19 heavy (non-hydrogen) atoms. The number of nitrogens with zero attached hydrogens (tertiary/aromatic N) is 2. The van der Waals surface area contributed by atoms with Crippen LogP contribution in [0.2, 0.25) is 0 Å². The summed E-state index contributed by atoms with van der Waals surface area (Å²) < 4.78 is 27.8. The lowest BCUT2D eigenvalue weighted by Crippen LogP contribution is -2.42. The van der Waals surface area contributed by atoms with Crippen LogP contribution in [-0.4, -0.2) is 50.8 Å². The molecule has 7 heteroatoms. The van der Waals surface area contributed by atoms with E-state index in [4.69, 9.17) is 0 Å². The van der Waals surface area contributed by atoms with E-state index in [1.54, 1.807) is 18.4 Å². The molecule has 0 fully saturated rings. The van der Waals surface area contributed by atoms with E-state index in [1.165, 1.54) is 8.61 Å². The molecule has 0 aliphatic heterocycles. The van der Waals surface area contributed by atoms with E-state index in [9.17, 15) is 8.42 Å². The van der Waals surface area contributed by atoms with Gasteiger partial charge in [0, 0.05) is 31.6 Å². The number of hydrogen-bond acceptors (Lipinski definition) is 4. The minimum atomic E-state index is -3.36. The first-order chi connectivity index (χ1) is 9.02. The van der Waals surface area contributed by atoms with Crippen LogP contribution in [0.3, 0.4) is 0 Å². The Bertz CT molecular complexity index is 446. The summed E-state index contributed by atoms with van der Waals surface area (Å²) in [5, 5.41) is 4.99. The molecular weight excluding hydrogens is 282 g/mol. The fourth-order valence-electron chi connectivity index (χ4n) is 1.72. The third-order valence-corrected chi connectivity index (χ3v) is 5.76. The maximum atomic E-state index is 12.4. The maximum absolute atomic E-state index is 12.4. The van der Waals surface area contributed by atoms with Crippen molar-refractivity contribution in [1.82, 2.24) is 13.9 Å². The van der Waals surface area contributed by atoms with Gasteiger partial charge in [0.15, 0.2) is 0 Å². The molecule has 1 heterocycles. The summed E-state index contributed by atoms with van der Waals surface area (Å²) in [5.74, 6) is 0. The van der Waals surface area contributed by atoms with Crippen LogP contribution in [0.15, 0.2) is 17.5 Å². The van der Waals surface area contributed by atoms with Crippen LogP contribution in [0.1, 0.15) is 18.2 Å². The van der Waals surface area contributed by atoms with Crippen molar-refractivity contribution in [3.8, 4) is 0 Å². The summed E-state index contributed by atoms with van der Waals surface area (Å²) in [6, 6.07) is 3.90. The Morgan fingerprint density at radius 1 is 1.42 bits per heavy atom. The highest BCUT2D eigenvalue weighted by atomic mass is 32.2. The molecule has 0 atom stereocenters. The van der Waals surface area contributed by atoms with Crippen molar-refractivity contribution in [3.63, 3.8) is 0 Å². The van der Waals surface area contributed by atoms with Crippen LogP contribution in [0.4, 0.5) is 0 Å². The van der Waals surface area contributed by atoms with Crippen molar-refractivity contribution >= 4 is 21.5 Å². The standard InChI is InChI=1S/C12H23N3O2S2/c1-4-15(11-12-7-5-10-18-12)19(16,17)14(3)9-6-8-13-2/h5,7,10,13H,4,6,8-9,11H2,1-3H3. The molecule has 0 radical (unpaired) electrons. The van der Waals surface area contributed by atoms with E-state index in [-0.39, 0.29) is 0 Å². The molecule has 0 aliphatic carbocycles. The van der Waals surface area contributed by atoms with Crippen molar-refractivity contribution in [2.45, 2.75) is 19.9 Å². The third kappa shape index (κ3) is 4.85. The highest BCUT2D eigenvalue weighted by molar-refractivity contribution is 7.86. The van der Waals surface area contributed by atoms with Crippen molar-refractivity contribution in [2.24, 2.45) is 0 Å². The molecule has 1 rings (SSSR count). The van der Waals surface area contributed by atoms with Crippen molar-refractivity contribution in [3.05, 3.63) is 22.4 Å². The quantitative estimate of drug-likeness (QED) is 0.701. The average Bonchev–Trinajstić information content (AvgIpc) is 2.88. The molecule has 1 N–H and O–H groups in total. The normalized spacial score (nSPS) is 12.5. The Kier molecular flexibility index (Phi) is 6.95. The Balaban J connectivity index is 2.66. The second-order valence-corrected chi connectivity index (χ2v) is 7.36. The zero-order valence-corrected chi connectivity index (χ0v) is 13.4. The predicted octanol–water partition coefficient (Wildman–Crippen LogP) is 1.36. The lowest BCUT2D eigenvalue weighted by Gasteiger charge is -2.26. The molecule has 0 bridgehead atoms. The summed E-state index contributed by atoms with van der Waals surface area (Å²) in [6.45, 7) is 4.15. The molecule has 0 saturated heterocycles. The summed E-state index contributed by atoms with van der Waals surface area (Å²) in [4.78, 5) is 1.06. The molecule has 0 unspecified atom stereocenters. The SMILES string of the molecule is CCN(Cc1cccs1)S(=O)(=O)N(C)CCCNC. The fraction of sp³-hybridized carbons (Fsp3) is 0.667. The molecule has 0 spiro atoms. The van der Waals surface area contributed by atoms with Gasteiger partial charge >= 0.3 is 0 Å². The molecule has 0 aliphatic rings. The lowest BCUT2D eigenvalue weighted by molar-refractivity contribution is 0.363. The molecule has 110 valence electrons. The summed E-state index contributed by atoms with van der Waals surface area (Å²) in [7, 11) is 0.144. The Labute approximate surface area is 120 Å². The molecular formula is C12H23N3O2S2. The number of thiophene rings is 1. The minimum Gasteiger partial charge on any atom is -0.320 e. The molecule has 1 aromatic rings. The van der Waals surface area contributed by atoms with Gasteiger partial charge in [-0.3, -0.25) is 0 Å². The lowest BCUT2D eigenvalue weighted by atomic mass is 10.4. The van der Waals surface area contributed by atoms with Crippen LogP contribution < -0.4 is 5.32 Å². The number of nitrogens with one attached hydrogen (secondary N) is 1. The third-order valence-electron chi connectivity index (χ3n) is 2.88. The molecule has 1 aromatic heterocycles. The van der Waals surface area contributed by atoms with Gasteiger partial charge in [-0.1, -0.05) is 13.0 Å².